The quantitative estimate of drug-likeness (QED) is 0.314. The van der Waals surface area contributed by atoms with Crippen molar-refractivity contribution < 1.29 is 0 Å². The third-order valence-electron chi connectivity index (χ3n) is 5.60. The van der Waals surface area contributed by atoms with Gasteiger partial charge in [-0.1, -0.05) is 98.8 Å². The number of aromatic nitrogens is 1. The van der Waals surface area contributed by atoms with Gasteiger partial charge in [-0.2, -0.15) is 0 Å². The van der Waals surface area contributed by atoms with Crippen LogP contribution in [-0.4, -0.2) is 4.98 Å². The molecule has 0 fully saturated rings. The Kier molecular flexibility index (Phi) is 4.37. The van der Waals surface area contributed by atoms with Crippen LogP contribution in [0.25, 0.3) is 43.9 Å². The highest BCUT2D eigenvalue weighted by Crippen LogP contribution is 2.35. The number of fused-ring (bicyclic) bond motifs is 2. The lowest BCUT2D eigenvalue weighted by molar-refractivity contribution is 0.825. The van der Waals surface area contributed by atoms with E-state index in [2.05, 4.69) is 111 Å². The molecule has 140 valence electrons. The molecule has 0 aliphatic heterocycles. The minimum Gasteiger partial charge on any atom is -0.253 e. The first-order chi connectivity index (χ1) is 14.2. The standard InChI is InChI=1S/C28H23N/c1-19(2)27-17-22(25-15-7-11-20-9-3-5-13-23(20)25)18-28(29-27)26-16-8-12-21-10-4-6-14-24(21)26/h3-19H,1-2H3. The van der Waals surface area contributed by atoms with Crippen LogP contribution >= 0.6 is 0 Å². The van der Waals surface area contributed by atoms with Crippen LogP contribution in [0.3, 0.4) is 0 Å². The van der Waals surface area contributed by atoms with Crippen molar-refractivity contribution in [2.75, 3.05) is 0 Å². The minimum atomic E-state index is 0.360. The van der Waals surface area contributed by atoms with Gasteiger partial charge in [-0.25, -0.2) is 0 Å². The van der Waals surface area contributed by atoms with Gasteiger partial charge in [-0.05, 0) is 50.7 Å². The van der Waals surface area contributed by atoms with Gasteiger partial charge >= 0.3 is 0 Å². The molecule has 0 radical (unpaired) electrons. The lowest BCUT2D eigenvalue weighted by atomic mass is 9.94. The predicted molar refractivity (Wildman–Crippen MR) is 124 cm³/mol. The summed E-state index contributed by atoms with van der Waals surface area (Å²) >= 11 is 0. The molecule has 0 aliphatic rings. The molecule has 0 amide bonds. The highest BCUT2D eigenvalue weighted by Gasteiger charge is 2.13. The zero-order chi connectivity index (χ0) is 19.8. The molecular formula is C28H23N. The second-order valence-electron chi connectivity index (χ2n) is 7.87. The van der Waals surface area contributed by atoms with Gasteiger partial charge in [0, 0.05) is 11.3 Å². The van der Waals surface area contributed by atoms with Crippen molar-refractivity contribution >= 4 is 21.5 Å². The first-order valence-corrected chi connectivity index (χ1v) is 10.2. The summed E-state index contributed by atoms with van der Waals surface area (Å²) < 4.78 is 0. The molecule has 29 heavy (non-hydrogen) atoms. The van der Waals surface area contributed by atoms with Gasteiger partial charge in [0.1, 0.15) is 0 Å². The van der Waals surface area contributed by atoms with E-state index in [9.17, 15) is 0 Å². The molecule has 0 N–H and O–H groups in total. The SMILES string of the molecule is CC(C)c1cc(-c2cccc3ccccc23)cc(-c2cccc3ccccc23)n1. The van der Waals surface area contributed by atoms with Crippen LogP contribution in [-0.2, 0) is 0 Å². The van der Waals surface area contributed by atoms with Crippen LogP contribution in [0, 0.1) is 0 Å². The number of pyridine rings is 1. The molecule has 0 unspecified atom stereocenters. The Morgan fingerprint density at radius 1 is 0.586 bits per heavy atom. The maximum absolute atomic E-state index is 5.06. The van der Waals surface area contributed by atoms with E-state index in [4.69, 9.17) is 4.98 Å². The summed E-state index contributed by atoms with van der Waals surface area (Å²) in [5.74, 6) is 0.360. The van der Waals surface area contributed by atoms with E-state index in [-0.39, 0.29) is 0 Å². The summed E-state index contributed by atoms with van der Waals surface area (Å²) in [4.78, 5) is 5.06. The minimum absolute atomic E-state index is 0.360. The summed E-state index contributed by atoms with van der Waals surface area (Å²) in [5, 5.41) is 5.03. The first-order valence-electron chi connectivity index (χ1n) is 10.2. The van der Waals surface area contributed by atoms with E-state index in [1.807, 2.05) is 0 Å². The van der Waals surface area contributed by atoms with E-state index in [0.717, 1.165) is 11.4 Å². The normalized spacial score (nSPS) is 11.4. The van der Waals surface area contributed by atoms with E-state index >= 15 is 0 Å². The first kappa shape index (κ1) is 17.6. The second kappa shape index (κ2) is 7.18. The lowest BCUT2D eigenvalue weighted by Crippen LogP contribution is -1.97. The molecule has 5 rings (SSSR count). The van der Waals surface area contributed by atoms with Gasteiger partial charge in [0.15, 0.2) is 0 Å². The zero-order valence-corrected chi connectivity index (χ0v) is 16.8. The Hall–Kier alpha value is -3.45. The second-order valence-corrected chi connectivity index (χ2v) is 7.87. The van der Waals surface area contributed by atoms with Gasteiger partial charge in [0.2, 0.25) is 0 Å². The van der Waals surface area contributed by atoms with Crippen LogP contribution in [0.4, 0.5) is 0 Å². The smallest absolute Gasteiger partial charge is 0.0717 e. The van der Waals surface area contributed by atoms with Crippen molar-refractivity contribution in [1.82, 2.24) is 4.98 Å². The van der Waals surface area contributed by atoms with Crippen LogP contribution < -0.4 is 0 Å². The van der Waals surface area contributed by atoms with Gasteiger partial charge < -0.3 is 0 Å². The maximum atomic E-state index is 5.06. The Morgan fingerprint density at radius 3 is 1.79 bits per heavy atom. The van der Waals surface area contributed by atoms with Crippen molar-refractivity contribution in [2.24, 2.45) is 0 Å². The topological polar surface area (TPSA) is 12.9 Å². The van der Waals surface area contributed by atoms with E-state index in [1.54, 1.807) is 0 Å². The largest absolute Gasteiger partial charge is 0.253 e. The maximum Gasteiger partial charge on any atom is 0.0717 e. The summed E-state index contributed by atoms with van der Waals surface area (Å²) in [7, 11) is 0. The van der Waals surface area contributed by atoms with Crippen molar-refractivity contribution in [1.29, 1.82) is 0 Å². The fraction of sp³-hybridized carbons (Fsp3) is 0.107. The van der Waals surface area contributed by atoms with Gasteiger partial charge in [0.25, 0.3) is 0 Å². The highest BCUT2D eigenvalue weighted by atomic mass is 14.7. The molecule has 0 spiro atoms. The molecule has 4 aromatic carbocycles. The Labute approximate surface area is 171 Å². The summed E-state index contributed by atoms with van der Waals surface area (Å²) in [5.41, 5.74) is 5.83. The van der Waals surface area contributed by atoms with E-state index in [1.165, 1.54) is 38.2 Å². The molecule has 1 nitrogen and oxygen atoms in total. The van der Waals surface area contributed by atoms with Crippen LogP contribution in [0.2, 0.25) is 0 Å². The average molecular weight is 373 g/mol. The average Bonchev–Trinajstić information content (AvgIpc) is 2.78. The summed E-state index contributed by atoms with van der Waals surface area (Å²) in [6.45, 7) is 4.42. The number of rotatable bonds is 3. The van der Waals surface area contributed by atoms with E-state index < -0.39 is 0 Å². The van der Waals surface area contributed by atoms with E-state index in [0.29, 0.717) is 5.92 Å². The number of hydrogen-bond donors (Lipinski definition) is 0. The third-order valence-corrected chi connectivity index (χ3v) is 5.60. The molecule has 0 saturated heterocycles. The van der Waals surface area contributed by atoms with Gasteiger partial charge in [-0.3, -0.25) is 4.98 Å². The molecule has 1 heterocycles. The van der Waals surface area contributed by atoms with Crippen molar-refractivity contribution in [3.05, 3.63) is 103 Å². The summed E-state index contributed by atoms with van der Waals surface area (Å²) in [6.07, 6.45) is 0. The van der Waals surface area contributed by atoms with Crippen LogP contribution in [0.5, 0.6) is 0 Å². The Bertz CT molecular complexity index is 1220. The molecule has 1 heteroatoms. The number of nitrogens with zero attached hydrogens (tertiary/aromatic N) is 1. The number of benzene rings is 4. The molecule has 5 aromatic rings. The third kappa shape index (κ3) is 3.19. The van der Waals surface area contributed by atoms with Crippen molar-refractivity contribution in [3.63, 3.8) is 0 Å². The highest BCUT2D eigenvalue weighted by molar-refractivity contribution is 5.99. The zero-order valence-electron chi connectivity index (χ0n) is 16.8. The van der Waals surface area contributed by atoms with Crippen LogP contribution in [0.15, 0.2) is 97.1 Å². The van der Waals surface area contributed by atoms with Crippen LogP contribution in [0.1, 0.15) is 25.5 Å². The Balaban J connectivity index is 1.79. The van der Waals surface area contributed by atoms with Gasteiger partial charge in [0.05, 0.1) is 5.69 Å². The molecule has 0 aliphatic carbocycles. The molecule has 0 bridgehead atoms. The van der Waals surface area contributed by atoms with Crippen molar-refractivity contribution in [3.8, 4) is 22.4 Å². The predicted octanol–water partition coefficient (Wildman–Crippen LogP) is 7.85. The molecule has 0 saturated carbocycles. The monoisotopic (exact) mass is 373 g/mol. The summed E-state index contributed by atoms with van der Waals surface area (Å²) in [6, 6.07) is 34.6. The lowest BCUT2D eigenvalue weighted by Gasteiger charge is -2.14. The van der Waals surface area contributed by atoms with Gasteiger partial charge in [-0.15, -0.1) is 0 Å². The molecule has 0 atom stereocenters. The molecule has 1 aromatic heterocycles. The number of hydrogen-bond acceptors (Lipinski definition) is 1. The van der Waals surface area contributed by atoms with Crippen molar-refractivity contribution in [2.45, 2.75) is 19.8 Å². The fourth-order valence-corrected chi connectivity index (χ4v) is 4.07. The fourth-order valence-electron chi connectivity index (χ4n) is 4.07. The Morgan fingerprint density at radius 2 is 1.14 bits per heavy atom. The molecular weight excluding hydrogens is 350 g/mol.